The molecule has 3 rings (SSSR count). The maximum atomic E-state index is 12.4. The topological polar surface area (TPSA) is 65.4 Å². The van der Waals surface area contributed by atoms with Gasteiger partial charge in [0.25, 0.3) is 0 Å². The van der Waals surface area contributed by atoms with Crippen molar-refractivity contribution in [3.05, 3.63) is 77.5 Å². The summed E-state index contributed by atoms with van der Waals surface area (Å²) in [7, 11) is 3.18. The summed E-state index contributed by atoms with van der Waals surface area (Å²) in [6, 6.07) is 15.4. The molecule has 6 nitrogen and oxygen atoms in total. The summed E-state index contributed by atoms with van der Waals surface area (Å²) < 4.78 is 12.3. The summed E-state index contributed by atoms with van der Waals surface area (Å²) in [6.07, 6.45) is 4.82. The molecule has 144 valence electrons. The fraction of sp³-hybridized carbons (Fsp3) is 0.182. The molecule has 6 heteroatoms. The Kier molecular flexibility index (Phi) is 6.11. The number of carbonyl (C=O) groups is 1. The van der Waals surface area contributed by atoms with Crippen LogP contribution in [0.5, 0.6) is 11.5 Å². The summed E-state index contributed by atoms with van der Waals surface area (Å²) in [6.45, 7) is 2.63. The number of hydrogen-bond acceptors (Lipinski definition) is 4. The van der Waals surface area contributed by atoms with Crippen LogP contribution in [-0.4, -0.2) is 29.9 Å². The Hall–Kier alpha value is -3.54. The fourth-order valence-electron chi connectivity index (χ4n) is 2.73. The van der Waals surface area contributed by atoms with Crippen LogP contribution in [0.15, 0.2) is 60.8 Å². The molecular weight excluding hydrogens is 354 g/mol. The maximum Gasteiger partial charge on any atom is 0.249 e. The number of aryl methyl sites for hydroxylation is 1. The van der Waals surface area contributed by atoms with E-state index in [1.807, 2.05) is 13.0 Å². The van der Waals surface area contributed by atoms with Gasteiger partial charge in [-0.25, -0.2) is 4.68 Å². The molecule has 2 aromatic carbocycles. The maximum absolute atomic E-state index is 12.4. The lowest BCUT2D eigenvalue weighted by molar-refractivity contribution is -0.111. The van der Waals surface area contributed by atoms with Crippen LogP contribution in [-0.2, 0) is 11.3 Å². The molecule has 0 bridgehead atoms. The largest absolute Gasteiger partial charge is 0.497 e. The molecule has 1 amide bonds. The van der Waals surface area contributed by atoms with E-state index >= 15 is 0 Å². The number of nitrogens with zero attached hydrogens (tertiary/aromatic N) is 2. The number of benzene rings is 2. The van der Waals surface area contributed by atoms with Gasteiger partial charge in [-0.3, -0.25) is 4.79 Å². The number of rotatable bonds is 7. The van der Waals surface area contributed by atoms with Crippen molar-refractivity contribution in [3.63, 3.8) is 0 Å². The third-order valence-corrected chi connectivity index (χ3v) is 4.27. The van der Waals surface area contributed by atoms with Gasteiger partial charge in [0.15, 0.2) is 0 Å². The number of carbonyl (C=O) groups excluding carboxylic acids is 1. The number of nitrogens with one attached hydrogen (secondary N) is 1. The molecule has 1 heterocycles. The zero-order valence-electron chi connectivity index (χ0n) is 16.2. The van der Waals surface area contributed by atoms with E-state index in [1.54, 1.807) is 49.4 Å². The van der Waals surface area contributed by atoms with Crippen molar-refractivity contribution in [2.45, 2.75) is 13.5 Å². The van der Waals surface area contributed by atoms with E-state index in [0.29, 0.717) is 23.9 Å². The molecule has 1 N–H and O–H groups in total. The van der Waals surface area contributed by atoms with Crippen molar-refractivity contribution in [3.8, 4) is 11.5 Å². The predicted molar refractivity (Wildman–Crippen MR) is 110 cm³/mol. The Morgan fingerprint density at radius 1 is 1.11 bits per heavy atom. The first-order valence-electron chi connectivity index (χ1n) is 8.87. The van der Waals surface area contributed by atoms with Gasteiger partial charge in [-0.2, -0.15) is 5.10 Å². The van der Waals surface area contributed by atoms with E-state index in [-0.39, 0.29) is 5.91 Å². The lowest BCUT2D eigenvalue weighted by Crippen LogP contribution is -2.13. The van der Waals surface area contributed by atoms with Gasteiger partial charge in [-0.1, -0.05) is 29.8 Å². The minimum atomic E-state index is -0.254. The van der Waals surface area contributed by atoms with Crippen molar-refractivity contribution < 1.29 is 14.3 Å². The van der Waals surface area contributed by atoms with Crippen LogP contribution in [0.25, 0.3) is 6.08 Å². The smallest absolute Gasteiger partial charge is 0.249 e. The third kappa shape index (κ3) is 4.79. The second-order valence-electron chi connectivity index (χ2n) is 6.29. The minimum Gasteiger partial charge on any atom is -0.497 e. The van der Waals surface area contributed by atoms with Crippen LogP contribution in [0, 0.1) is 6.92 Å². The molecule has 0 atom stereocenters. The van der Waals surface area contributed by atoms with Crippen LogP contribution in [0.4, 0.5) is 5.82 Å². The number of hydrogen-bond donors (Lipinski definition) is 1. The van der Waals surface area contributed by atoms with Gasteiger partial charge >= 0.3 is 0 Å². The molecule has 0 unspecified atom stereocenters. The van der Waals surface area contributed by atoms with Gasteiger partial charge in [-0.05, 0) is 36.8 Å². The van der Waals surface area contributed by atoms with Gasteiger partial charge < -0.3 is 14.8 Å². The van der Waals surface area contributed by atoms with Crippen molar-refractivity contribution in [2.75, 3.05) is 19.5 Å². The zero-order chi connectivity index (χ0) is 19.9. The molecule has 0 aliphatic carbocycles. The Morgan fingerprint density at radius 3 is 2.61 bits per heavy atom. The number of aromatic nitrogens is 2. The molecule has 1 aromatic heterocycles. The highest BCUT2D eigenvalue weighted by Crippen LogP contribution is 2.25. The molecule has 0 saturated heterocycles. The monoisotopic (exact) mass is 377 g/mol. The summed E-state index contributed by atoms with van der Waals surface area (Å²) in [5.41, 5.74) is 3.07. The van der Waals surface area contributed by atoms with Gasteiger partial charge in [0, 0.05) is 17.7 Å². The normalized spacial score (nSPS) is 10.8. The Morgan fingerprint density at radius 2 is 1.89 bits per heavy atom. The highest BCUT2D eigenvalue weighted by Gasteiger charge is 2.07. The molecule has 3 aromatic rings. The van der Waals surface area contributed by atoms with E-state index in [0.717, 1.165) is 11.1 Å². The van der Waals surface area contributed by atoms with Crippen LogP contribution in [0.1, 0.15) is 16.7 Å². The molecule has 0 radical (unpaired) electrons. The van der Waals surface area contributed by atoms with Crippen molar-refractivity contribution in [1.29, 1.82) is 0 Å². The van der Waals surface area contributed by atoms with Crippen LogP contribution >= 0.6 is 0 Å². The van der Waals surface area contributed by atoms with Crippen LogP contribution < -0.4 is 14.8 Å². The molecule has 28 heavy (non-hydrogen) atoms. The Balaban J connectivity index is 1.70. The third-order valence-electron chi connectivity index (χ3n) is 4.27. The van der Waals surface area contributed by atoms with Crippen molar-refractivity contribution >= 4 is 17.8 Å². The number of amides is 1. The zero-order valence-corrected chi connectivity index (χ0v) is 16.2. The summed E-state index contributed by atoms with van der Waals surface area (Å²) in [5, 5.41) is 7.16. The van der Waals surface area contributed by atoms with Crippen molar-refractivity contribution in [1.82, 2.24) is 9.78 Å². The SMILES string of the molecule is COc1ccc(OC)c(/C=C/C(=O)Nc2ccnn2Cc2ccc(C)cc2)c1. The van der Waals surface area contributed by atoms with Crippen LogP contribution in [0.2, 0.25) is 0 Å². The Labute approximate surface area is 164 Å². The van der Waals surface area contributed by atoms with Gasteiger partial charge in [0.05, 0.1) is 27.0 Å². The van der Waals surface area contributed by atoms with Gasteiger partial charge in [-0.15, -0.1) is 0 Å². The lowest BCUT2D eigenvalue weighted by Gasteiger charge is -2.09. The van der Waals surface area contributed by atoms with E-state index in [2.05, 4.69) is 34.7 Å². The standard InChI is InChI=1S/C22H23N3O3/c1-16-4-6-17(7-5-16)15-25-21(12-13-23-25)24-22(26)11-8-18-14-19(27-2)9-10-20(18)28-3/h4-14H,15H2,1-3H3,(H,24,26)/b11-8+. The molecule has 0 aliphatic rings. The average molecular weight is 377 g/mol. The Bertz CT molecular complexity index is 975. The number of ether oxygens (including phenoxy) is 2. The number of methoxy groups -OCH3 is 2. The first-order valence-corrected chi connectivity index (χ1v) is 8.87. The quantitative estimate of drug-likeness (QED) is 0.634. The van der Waals surface area contributed by atoms with E-state index < -0.39 is 0 Å². The minimum absolute atomic E-state index is 0.254. The molecule has 0 saturated carbocycles. The first kappa shape index (κ1) is 19.2. The van der Waals surface area contributed by atoms with Gasteiger partial charge in [0.1, 0.15) is 17.3 Å². The number of anilines is 1. The van der Waals surface area contributed by atoms with Crippen LogP contribution in [0.3, 0.4) is 0 Å². The second kappa shape index (κ2) is 8.90. The highest BCUT2D eigenvalue weighted by molar-refractivity contribution is 6.01. The average Bonchev–Trinajstić information content (AvgIpc) is 3.14. The summed E-state index contributed by atoms with van der Waals surface area (Å²) >= 11 is 0. The predicted octanol–water partition coefficient (Wildman–Crippen LogP) is 3.91. The lowest BCUT2D eigenvalue weighted by atomic mass is 10.1. The van der Waals surface area contributed by atoms with E-state index in [1.165, 1.54) is 11.6 Å². The highest BCUT2D eigenvalue weighted by atomic mass is 16.5. The molecule has 0 fully saturated rings. The molecular formula is C22H23N3O3. The van der Waals surface area contributed by atoms with E-state index in [4.69, 9.17) is 9.47 Å². The first-order chi connectivity index (χ1) is 13.6. The molecule has 0 aliphatic heterocycles. The fourth-order valence-corrected chi connectivity index (χ4v) is 2.73. The molecule has 0 spiro atoms. The van der Waals surface area contributed by atoms with E-state index in [9.17, 15) is 4.79 Å². The summed E-state index contributed by atoms with van der Waals surface area (Å²) in [4.78, 5) is 12.4. The van der Waals surface area contributed by atoms with Gasteiger partial charge in [0.2, 0.25) is 5.91 Å². The second-order valence-corrected chi connectivity index (χ2v) is 6.29. The van der Waals surface area contributed by atoms with Crippen molar-refractivity contribution in [2.24, 2.45) is 0 Å². The summed E-state index contributed by atoms with van der Waals surface area (Å²) in [5.74, 6) is 1.73.